The van der Waals surface area contributed by atoms with Gasteiger partial charge in [0.25, 0.3) is 0 Å². The number of anilines is 1. The third-order valence-corrected chi connectivity index (χ3v) is 3.07. The summed E-state index contributed by atoms with van der Waals surface area (Å²) in [6, 6.07) is 7.71. The van der Waals surface area contributed by atoms with Gasteiger partial charge in [-0.05, 0) is 23.6 Å². The maximum atomic E-state index is 11.4. The highest BCUT2D eigenvalue weighted by Gasteiger charge is 2.05. The van der Waals surface area contributed by atoms with Crippen molar-refractivity contribution in [1.82, 2.24) is 15.2 Å². The van der Waals surface area contributed by atoms with Gasteiger partial charge in [0.15, 0.2) is 0 Å². The smallest absolute Gasteiger partial charge is 0.316 e. The molecule has 112 valence electrons. The Hall–Kier alpha value is -2.50. The van der Waals surface area contributed by atoms with Crippen molar-refractivity contribution in [2.24, 2.45) is 0 Å². The van der Waals surface area contributed by atoms with Crippen LogP contribution in [-0.4, -0.2) is 50.2 Å². The number of benzene rings is 1. The number of nitrogens with one attached hydrogen (secondary N) is 2. The molecule has 0 saturated heterocycles. The molecule has 0 aliphatic heterocycles. The van der Waals surface area contributed by atoms with E-state index in [1.165, 1.54) is 4.90 Å². The van der Waals surface area contributed by atoms with E-state index in [4.69, 9.17) is 4.74 Å². The van der Waals surface area contributed by atoms with Gasteiger partial charge in [0.1, 0.15) is 11.6 Å². The predicted octanol–water partition coefficient (Wildman–Crippen LogP) is 1.93. The standard InChI is InChI=1S/C15H20N4O2/c1-19(2)15(20)18-9-8-17-14-13-10-12(21-3)5-4-11(13)6-7-16-14/h4-7,10H,8-9H2,1-3H3,(H,16,17)(H,18,20). The Balaban J connectivity index is 2.03. The van der Waals surface area contributed by atoms with Crippen LogP contribution in [-0.2, 0) is 0 Å². The van der Waals surface area contributed by atoms with Gasteiger partial charge in [-0.15, -0.1) is 0 Å². The molecule has 0 unspecified atom stereocenters. The SMILES string of the molecule is COc1ccc2ccnc(NCCNC(=O)N(C)C)c2c1. The number of nitrogens with zero attached hydrogens (tertiary/aromatic N) is 2. The van der Waals surface area contributed by atoms with Crippen LogP contribution in [0, 0.1) is 0 Å². The van der Waals surface area contributed by atoms with Gasteiger partial charge in [-0.3, -0.25) is 0 Å². The summed E-state index contributed by atoms with van der Waals surface area (Å²) in [6.45, 7) is 1.13. The molecule has 21 heavy (non-hydrogen) atoms. The summed E-state index contributed by atoms with van der Waals surface area (Å²) < 4.78 is 5.24. The Kier molecular flexibility index (Phi) is 4.81. The van der Waals surface area contributed by atoms with Gasteiger partial charge in [-0.1, -0.05) is 6.07 Å². The number of carbonyl (C=O) groups excluding carboxylic acids is 1. The number of methoxy groups -OCH3 is 1. The van der Waals surface area contributed by atoms with Crippen LogP contribution in [0.1, 0.15) is 0 Å². The molecule has 1 aromatic carbocycles. The average molecular weight is 288 g/mol. The Bertz CT molecular complexity index is 628. The molecule has 0 radical (unpaired) electrons. The van der Waals surface area contributed by atoms with Gasteiger partial charge in [-0.25, -0.2) is 9.78 Å². The summed E-state index contributed by atoms with van der Waals surface area (Å²) in [5, 5.41) is 8.11. The fourth-order valence-electron chi connectivity index (χ4n) is 1.92. The van der Waals surface area contributed by atoms with E-state index < -0.39 is 0 Å². The van der Waals surface area contributed by atoms with Crippen molar-refractivity contribution in [3.05, 3.63) is 30.5 Å². The van der Waals surface area contributed by atoms with Crippen LogP contribution in [0.4, 0.5) is 10.6 Å². The number of pyridine rings is 1. The third-order valence-electron chi connectivity index (χ3n) is 3.07. The molecule has 6 heteroatoms. The number of urea groups is 1. The first-order valence-electron chi connectivity index (χ1n) is 6.73. The average Bonchev–Trinajstić information content (AvgIpc) is 2.50. The molecule has 2 aromatic rings. The second-order valence-electron chi connectivity index (χ2n) is 4.80. The first-order chi connectivity index (χ1) is 10.1. The minimum Gasteiger partial charge on any atom is -0.497 e. The zero-order valence-electron chi connectivity index (χ0n) is 12.5. The summed E-state index contributed by atoms with van der Waals surface area (Å²) in [5.74, 6) is 1.57. The number of carbonyl (C=O) groups is 1. The number of fused-ring (bicyclic) bond motifs is 1. The number of aromatic nitrogens is 1. The van der Waals surface area contributed by atoms with E-state index in [0.717, 1.165) is 22.3 Å². The van der Waals surface area contributed by atoms with Crippen molar-refractivity contribution in [2.45, 2.75) is 0 Å². The first kappa shape index (κ1) is 14.9. The van der Waals surface area contributed by atoms with Crippen LogP contribution in [0.3, 0.4) is 0 Å². The number of hydrogen-bond acceptors (Lipinski definition) is 4. The van der Waals surface area contributed by atoms with Crippen molar-refractivity contribution in [3.8, 4) is 5.75 Å². The summed E-state index contributed by atoms with van der Waals surface area (Å²) in [5.41, 5.74) is 0. The van der Waals surface area contributed by atoms with Crippen LogP contribution < -0.4 is 15.4 Å². The first-order valence-corrected chi connectivity index (χ1v) is 6.73. The van der Waals surface area contributed by atoms with E-state index in [0.29, 0.717) is 13.1 Å². The summed E-state index contributed by atoms with van der Waals surface area (Å²) in [4.78, 5) is 17.3. The molecule has 0 aliphatic carbocycles. The van der Waals surface area contributed by atoms with Crippen LogP contribution in [0.25, 0.3) is 10.8 Å². The number of rotatable bonds is 5. The van der Waals surface area contributed by atoms with E-state index in [1.54, 1.807) is 27.4 Å². The van der Waals surface area contributed by atoms with E-state index >= 15 is 0 Å². The van der Waals surface area contributed by atoms with Gasteiger partial charge in [0.2, 0.25) is 0 Å². The highest BCUT2D eigenvalue weighted by atomic mass is 16.5. The molecule has 0 fully saturated rings. The Labute approximate surface area is 124 Å². The van der Waals surface area contributed by atoms with Gasteiger partial charge in [0, 0.05) is 38.8 Å². The van der Waals surface area contributed by atoms with Crippen molar-refractivity contribution < 1.29 is 9.53 Å². The van der Waals surface area contributed by atoms with Crippen LogP contribution in [0.5, 0.6) is 5.75 Å². The second-order valence-corrected chi connectivity index (χ2v) is 4.80. The minimum atomic E-state index is -0.107. The molecule has 0 saturated carbocycles. The summed E-state index contributed by atoms with van der Waals surface area (Å²) in [7, 11) is 5.06. The van der Waals surface area contributed by atoms with Crippen molar-refractivity contribution >= 4 is 22.6 Å². The van der Waals surface area contributed by atoms with Crippen LogP contribution in [0.2, 0.25) is 0 Å². The van der Waals surface area contributed by atoms with Gasteiger partial charge >= 0.3 is 6.03 Å². The van der Waals surface area contributed by atoms with Gasteiger partial charge in [-0.2, -0.15) is 0 Å². The van der Waals surface area contributed by atoms with E-state index in [2.05, 4.69) is 15.6 Å². The zero-order chi connectivity index (χ0) is 15.2. The molecule has 2 rings (SSSR count). The van der Waals surface area contributed by atoms with E-state index in [1.807, 2.05) is 24.3 Å². The molecular formula is C15H20N4O2. The molecule has 6 nitrogen and oxygen atoms in total. The Morgan fingerprint density at radius 1 is 1.29 bits per heavy atom. The lowest BCUT2D eigenvalue weighted by Crippen LogP contribution is -2.37. The molecule has 2 N–H and O–H groups in total. The molecule has 2 amide bonds. The second kappa shape index (κ2) is 6.78. The quantitative estimate of drug-likeness (QED) is 0.825. The monoisotopic (exact) mass is 288 g/mol. The largest absolute Gasteiger partial charge is 0.497 e. The van der Waals surface area contributed by atoms with E-state index in [-0.39, 0.29) is 6.03 Å². The molecule has 0 spiro atoms. The maximum Gasteiger partial charge on any atom is 0.316 e. The number of ether oxygens (including phenoxy) is 1. The van der Waals surface area contributed by atoms with Crippen LogP contribution in [0.15, 0.2) is 30.5 Å². The predicted molar refractivity (Wildman–Crippen MR) is 83.9 cm³/mol. The summed E-state index contributed by atoms with van der Waals surface area (Å²) in [6.07, 6.45) is 1.76. The maximum absolute atomic E-state index is 11.4. The Morgan fingerprint density at radius 2 is 2.10 bits per heavy atom. The lowest BCUT2D eigenvalue weighted by molar-refractivity contribution is 0.218. The van der Waals surface area contributed by atoms with Crippen molar-refractivity contribution in [2.75, 3.05) is 39.6 Å². The topological polar surface area (TPSA) is 66.5 Å². The van der Waals surface area contributed by atoms with Crippen molar-refractivity contribution in [1.29, 1.82) is 0 Å². The van der Waals surface area contributed by atoms with E-state index in [9.17, 15) is 4.79 Å². The molecule has 0 bridgehead atoms. The molecule has 1 aromatic heterocycles. The Morgan fingerprint density at radius 3 is 2.81 bits per heavy atom. The van der Waals surface area contributed by atoms with Crippen molar-refractivity contribution in [3.63, 3.8) is 0 Å². The normalized spacial score (nSPS) is 10.2. The summed E-state index contributed by atoms with van der Waals surface area (Å²) >= 11 is 0. The fraction of sp³-hybridized carbons (Fsp3) is 0.333. The molecular weight excluding hydrogens is 268 g/mol. The minimum absolute atomic E-state index is 0.107. The number of hydrogen-bond donors (Lipinski definition) is 2. The number of amides is 2. The zero-order valence-corrected chi connectivity index (χ0v) is 12.5. The van der Waals surface area contributed by atoms with Crippen LogP contribution >= 0.6 is 0 Å². The highest BCUT2D eigenvalue weighted by molar-refractivity contribution is 5.92. The highest BCUT2D eigenvalue weighted by Crippen LogP contribution is 2.25. The molecule has 0 atom stereocenters. The van der Waals surface area contributed by atoms with Gasteiger partial charge in [0.05, 0.1) is 7.11 Å². The van der Waals surface area contributed by atoms with Gasteiger partial charge < -0.3 is 20.3 Å². The fourth-order valence-corrected chi connectivity index (χ4v) is 1.92. The molecule has 1 heterocycles. The lowest BCUT2D eigenvalue weighted by atomic mass is 10.1. The molecule has 0 aliphatic rings. The third kappa shape index (κ3) is 3.75. The lowest BCUT2D eigenvalue weighted by Gasteiger charge is -2.13.